The summed E-state index contributed by atoms with van der Waals surface area (Å²) >= 11 is 5.15. The average molecular weight is 413 g/mol. The van der Waals surface area contributed by atoms with Gasteiger partial charge in [-0.2, -0.15) is 0 Å². The quantitative estimate of drug-likeness (QED) is 0.551. The molecule has 0 saturated heterocycles. The van der Waals surface area contributed by atoms with Crippen LogP contribution in [0.25, 0.3) is 0 Å². The van der Waals surface area contributed by atoms with Crippen LogP contribution in [-0.2, 0) is 0 Å². The van der Waals surface area contributed by atoms with Gasteiger partial charge in [0.15, 0.2) is 10.9 Å². The number of amides is 2. The van der Waals surface area contributed by atoms with Gasteiger partial charge in [-0.1, -0.05) is 6.07 Å². The lowest BCUT2D eigenvalue weighted by Crippen LogP contribution is -2.34. The smallest absolute Gasteiger partial charge is 0.291 e. The first-order valence-corrected chi connectivity index (χ1v) is 8.78. The Morgan fingerprint density at radius 1 is 1.03 bits per heavy atom. The van der Waals surface area contributed by atoms with E-state index in [0.717, 1.165) is 6.07 Å². The van der Waals surface area contributed by atoms with Crippen LogP contribution in [0.15, 0.2) is 65.3 Å². The predicted octanol–water partition coefficient (Wildman–Crippen LogP) is 3.81. The van der Waals surface area contributed by atoms with Crippen molar-refractivity contribution in [2.75, 3.05) is 17.7 Å². The second kappa shape index (κ2) is 8.98. The molecule has 0 bridgehead atoms. The summed E-state index contributed by atoms with van der Waals surface area (Å²) in [5, 5.41) is 7.95. The number of hydrogen-bond acceptors (Lipinski definition) is 5. The Balaban J connectivity index is 1.70. The Labute approximate surface area is 170 Å². The summed E-state index contributed by atoms with van der Waals surface area (Å²) in [6.07, 6.45) is 1.40. The summed E-state index contributed by atoms with van der Waals surface area (Å²) < 4.78 is 23.6. The molecule has 3 rings (SSSR count). The first kappa shape index (κ1) is 20.0. The molecule has 0 unspecified atom stereocenters. The van der Waals surface area contributed by atoms with Crippen LogP contribution in [-0.4, -0.2) is 24.0 Å². The first-order chi connectivity index (χ1) is 14.0. The van der Waals surface area contributed by atoms with Gasteiger partial charge in [0, 0.05) is 11.3 Å². The maximum absolute atomic E-state index is 13.3. The van der Waals surface area contributed by atoms with E-state index in [2.05, 4.69) is 16.0 Å². The molecule has 9 heteroatoms. The second-order valence-corrected chi connectivity index (χ2v) is 6.17. The van der Waals surface area contributed by atoms with Crippen molar-refractivity contribution < 1.29 is 23.1 Å². The summed E-state index contributed by atoms with van der Waals surface area (Å²) in [4.78, 5) is 24.3. The minimum Gasteiger partial charge on any atom is -0.495 e. The number of methoxy groups -OCH3 is 1. The van der Waals surface area contributed by atoms with Crippen molar-refractivity contribution in [2.45, 2.75) is 0 Å². The van der Waals surface area contributed by atoms with Crippen molar-refractivity contribution in [1.82, 2.24) is 5.32 Å². The van der Waals surface area contributed by atoms with Gasteiger partial charge in [-0.3, -0.25) is 14.9 Å². The largest absolute Gasteiger partial charge is 0.495 e. The number of ether oxygens (including phenoxy) is 1. The highest BCUT2D eigenvalue weighted by Crippen LogP contribution is 2.28. The summed E-state index contributed by atoms with van der Waals surface area (Å²) in [6, 6.07) is 13.2. The molecule has 0 aliphatic rings. The standard InChI is InChI=1S/C20H16FN3O4S/c1-27-16-8-7-14(22-19(26)17-6-3-9-28-17)11-15(16)23-20(29)24-18(25)12-4-2-5-13(21)10-12/h2-11H,1H3,(H,22,26)(H2,23,24,25,29). The van der Waals surface area contributed by atoms with Crippen LogP contribution in [0.2, 0.25) is 0 Å². The van der Waals surface area contributed by atoms with E-state index < -0.39 is 17.6 Å². The molecule has 0 saturated carbocycles. The van der Waals surface area contributed by atoms with Gasteiger partial charge in [-0.05, 0) is 60.7 Å². The molecule has 2 aromatic carbocycles. The molecule has 3 N–H and O–H groups in total. The van der Waals surface area contributed by atoms with Crippen LogP contribution < -0.4 is 20.7 Å². The number of carbonyl (C=O) groups is 2. The number of thiocarbonyl (C=S) groups is 1. The Kier molecular flexibility index (Phi) is 6.20. The lowest BCUT2D eigenvalue weighted by molar-refractivity contribution is 0.0974. The van der Waals surface area contributed by atoms with E-state index in [-0.39, 0.29) is 16.4 Å². The minimum atomic E-state index is -0.566. The van der Waals surface area contributed by atoms with Gasteiger partial charge in [0.1, 0.15) is 11.6 Å². The van der Waals surface area contributed by atoms with Gasteiger partial charge in [0.05, 0.1) is 19.1 Å². The van der Waals surface area contributed by atoms with Crippen molar-refractivity contribution in [3.63, 3.8) is 0 Å². The molecule has 148 valence electrons. The molecule has 1 heterocycles. The fraction of sp³-hybridized carbons (Fsp3) is 0.0500. The molecule has 7 nitrogen and oxygen atoms in total. The molecule has 2 amide bonds. The normalized spacial score (nSPS) is 10.1. The van der Waals surface area contributed by atoms with Crippen LogP contribution in [0, 0.1) is 5.82 Å². The van der Waals surface area contributed by atoms with E-state index in [1.54, 1.807) is 24.3 Å². The number of furan rings is 1. The summed E-state index contributed by atoms with van der Waals surface area (Å²) in [6.45, 7) is 0. The summed E-state index contributed by atoms with van der Waals surface area (Å²) in [5.74, 6) is -0.925. The Hall–Kier alpha value is -3.72. The van der Waals surface area contributed by atoms with Crippen LogP contribution in [0.5, 0.6) is 5.75 Å². The predicted molar refractivity (Wildman–Crippen MR) is 110 cm³/mol. The van der Waals surface area contributed by atoms with Crippen molar-refractivity contribution in [3.8, 4) is 5.75 Å². The number of rotatable bonds is 5. The third-order valence-electron chi connectivity index (χ3n) is 3.76. The van der Waals surface area contributed by atoms with Gasteiger partial charge in [0.2, 0.25) is 0 Å². The molecular weight excluding hydrogens is 397 g/mol. The molecule has 1 aromatic heterocycles. The molecular formula is C20H16FN3O4S. The van der Waals surface area contributed by atoms with Crippen LogP contribution >= 0.6 is 12.2 Å². The zero-order chi connectivity index (χ0) is 20.8. The number of carbonyl (C=O) groups excluding carboxylic acids is 2. The Morgan fingerprint density at radius 2 is 1.86 bits per heavy atom. The lowest BCUT2D eigenvalue weighted by Gasteiger charge is -2.14. The van der Waals surface area contributed by atoms with E-state index >= 15 is 0 Å². The van der Waals surface area contributed by atoms with Gasteiger partial charge in [-0.15, -0.1) is 0 Å². The Bertz CT molecular complexity index is 1050. The van der Waals surface area contributed by atoms with Crippen LogP contribution in [0.3, 0.4) is 0 Å². The van der Waals surface area contributed by atoms with Crippen molar-refractivity contribution in [1.29, 1.82) is 0 Å². The highest BCUT2D eigenvalue weighted by atomic mass is 32.1. The highest BCUT2D eigenvalue weighted by Gasteiger charge is 2.13. The SMILES string of the molecule is COc1ccc(NC(=O)c2ccco2)cc1NC(=S)NC(=O)c1cccc(F)c1. The zero-order valence-corrected chi connectivity index (χ0v) is 16.0. The fourth-order valence-corrected chi connectivity index (χ4v) is 2.65. The van der Waals surface area contributed by atoms with Crippen molar-refractivity contribution >= 4 is 40.5 Å². The topological polar surface area (TPSA) is 92.6 Å². The average Bonchev–Trinajstić information content (AvgIpc) is 3.23. The molecule has 0 atom stereocenters. The molecule has 0 spiro atoms. The van der Waals surface area contributed by atoms with Gasteiger partial charge in [0.25, 0.3) is 11.8 Å². The number of nitrogens with one attached hydrogen (secondary N) is 3. The molecule has 0 fully saturated rings. The van der Waals surface area contributed by atoms with Gasteiger partial charge >= 0.3 is 0 Å². The zero-order valence-electron chi connectivity index (χ0n) is 15.2. The van der Waals surface area contributed by atoms with Crippen LogP contribution in [0.1, 0.15) is 20.9 Å². The number of hydrogen-bond donors (Lipinski definition) is 3. The second-order valence-electron chi connectivity index (χ2n) is 5.77. The molecule has 3 aromatic rings. The number of anilines is 2. The van der Waals surface area contributed by atoms with E-state index in [1.165, 1.54) is 37.6 Å². The molecule has 0 aliphatic carbocycles. The minimum absolute atomic E-state index is 0.0212. The van der Waals surface area contributed by atoms with Gasteiger partial charge < -0.3 is 19.8 Å². The Morgan fingerprint density at radius 3 is 2.55 bits per heavy atom. The van der Waals surface area contributed by atoms with Crippen molar-refractivity contribution in [3.05, 3.63) is 78.0 Å². The first-order valence-electron chi connectivity index (χ1n) is 8.37. The van der Waals surface area contributed by atoms with E-state index in [9.17, 15) is 14.0 Å². The van der Waals surface area contributed by atoms with E-state index in [0.29, 0.717) is 17.1 Å². The maximum Gasteiger partial charge on any atom is 0.291 e. The van der Waals surface area contributed by atoms with Gasteiger partial charge in [-0.25, -0.2) is 4.39 Å². The third-order valence-corrected chi connectivity index (χ3v) is 3.97. The number of halogens is 1. The monoisotopic (exact) mass is 413 g/mol. The highest BCUT2D eigenvalue weighted by molar-refractivity contribution is 7.80. The molecule has 29 heavy (non-hydrogen) atoms. The van der Waals surface area contributed by atoms with Crippen LogP contribution in [0.4, 0.5) is 15.8 Å². The molecule has 0 radical (unpaired) electrons. The summed E-state index contributed by atoms with van der Waals surface area (Å²) in [7, 11) is 1.47. The fourth-order valence-electron chi connectivity index (χ4n) is 2.44. The third kappa shape index (κ3) is 5.17. The van der Waals surface area contributed by atoms with E-state index in [4.69, 9.17) is 21.4 Å². The van der Waals surface area contributed by atoms with E-state index in [1.807, 2.05) is 0 Å². The summed E-state index contributed by atoms with van der Waals surface area (Å²) in [5.41, 5.74) is 0.990. The lowest BCUT2D eigenvalue weighted by atomic mass is 10.2. The maximum atomic E-state index is 13.3. The number of benzene rings is 2. The molecule has 0 aliphatic heterocycles. The van der Waals surface area contributed by atoms with Crippen molar-refractivity contribution in [2.24, 2.45) is 0 Å².